The zero-order valence-electron chi connectivity index (χ0n) is 18.6. The highest BCUT2D eigenvalue weighted by atomic mass is 16.6. The van der Waals surface area contributed by atoms with Crippen LogP contribution in [0, 0.1) is 5.92 Å². The molecule has 1 aliphatic rings. The maximum absolute atomic E-state index is 12.4. The molecular weight excluding hydrogens is 352 g/mol. The van der Waals surface area contributed by atoms with Gasteiger partial charge in [0, 0.05) is 18.5 Å². The molecule has 5 heteroatoms. The Kier molecular flexibility index (Phi) is 9.00. The fourth-order valence-corrected chi connectivity index (χ4v) is 3.93. The second-order valence-electron chi connectivity index (χ2n) is 9.64. The molecule has 28 heavy (non-hydrogen) atoms. The number of nitrogens with zero attached hydrogens (tertiary/aromatic N) is 1. The van der Waals surface area contributed by atoms with Gasteiger partial charge in [-0.25, -0.2) is 4.98 Å². The summed E-state index contributed by atoms with van der Waals surface area (Å²) in [6.07, 6.45) is 12.2. The molecule has 0 saturated heterocycles. The Morgan fingerprint density at radius 2 is 2.00 bits per heavy atom. The van der Waals surface area contributed by atoms with Gasteiger partial charge in [-0.15, -0.1) is 0 Å². The second kappa shape index (κ2) is 11.0. The van der Waals surface area contributed by atoms with Gasteiger partial charge in [0.15, 0.2) is 5.89 Å². The van der Waals surface area contributed by atoms with Gasteiger partial charge in [0.1, 0.15) is 11.9 Å². The molecule has 0 amide bonds. The van der Waals surface area contributed by atoms with Crippen LogP contribution in [-0.2, 0) is 16.1 Å². The lowest BCUT2D eigenvalue weighted by molar-refractivity contribution is -0.155. The summed E-state index contributed by atoms with van der Waals surface area (Å²) in [6, 6.07) is 0.396. The number of hydrogen-bond acceptors (Lipinski definition) is 5. The summed E-state index contributed by atoms with van der Waals surface area (Å²) in [7, 11) is 0. The second-order valence-corrected chi connectivity index (χ2v) is 9.64. The predicted octanol–water partition coefficient (Wildman–Crippen LogP) is 5.74. The molecule has 1 atom stereocenters. The SMILES string of the molecule is CC(C)NCc1coc([C@H](CCCC2CCCCC2)CC(=O)OC(C)(C)C)n1. The Morgan fingerprint density at radius 1 is 1.29 bits per heavy atom. The largest absolute Gasteiger partial charge is 0.460 e. The van der Waals surface area contributed by atoms with Gasteiger partial charge in [0.2, 0.25) is 0 Å². The lowest BCUT2D eigenvalue weighted by atomic mass is 9.84. The molecule has 0 aromatic carbocycles. The molecule has 1 fully saturated rings. The van der Waals surface area contributed by atoms with E-state index in [9.17, 15) is 4.79 Å². The molecule has 160 valence electrons. The number of rotatable bonds is 10. The van der Waals surface area contributed by atoms with E-state index < -0.39 is 5.60 Å². The average Bonchev–Trinajstić information content (AvgIpc) is 3.07. The number of hydrogen-bond donors (Lipinski definition) is 1. The first-order chi connectivity index (χ1) is 13.2. The summed E-state index contributed by atoms with van der Waals surface area (Å²) in [5, 5.41) is 3.36. The molecule has 1 saturated carbocycles. The van der Waals surface area contributed by atoms with E-state index in [0.717, 1.165) is 24.5 Å². The van der Waals surface area contributed by atoms with Gasteiger partial charge in [0.25, 0.3) is 0 Å². The van der Waals surface area contributed by atoms with Crippen molar-refractivity contribution in [1.29, 1.82) is 0 Å². The summed E-state index contributed by atoms with van der Waals surface area (Å²) in [5.74, 6) is 1.35. The van der Waals surface area contributed by atoms with Crippen LogP contribution in [0.2, 0.25) is 0 Å². The number of ether oxygens (including phenoxy) is 1. The summed E-state index contributed by atoms with van der Waals surface area (Å²) < 4.78 is 11.3. The van der Waals surface area contributed by atoms with Gasteiger partial charge in [-0.3, -0.25) is 4.79 Å². The predicted molar refractivity (Wildman–Crippen MR) is 112 cm³/mol. The van der Waals surface area contributed by atoms with Crippen molar-refractivity contribution in [1.82, 2.24) is 10.3 Å². The van der Waals surface area contributed by atoms with Crippen LogP contribution in [0.4, 0.5) is 0 Å². The molecule has 1 aromatic rings. The molecule has 1 aliphatic carbocycles. The molecule has 0 radical (unpaired) electrons. The van der Waals surface area contributed by atoms with Gasteiger partial charge in [-0.1, -0.05) is 58.8 Å². The van der Waals surface area contributed by atoms with Crippen molar-refractivity contribution in [2.45, 2.75) is 117 Å². The van der Waals surface area contributed by atoms with Crippen LogP contribution >= 0.6 is 0 Å². The molecule has 0 unspecified atom stereocenters. The Labute approximate surface area is 171 Å². The van der Waals surface area contributed by atoms with Crippen LogP contribution in [0.3, 0.4) is 0 Å². The van der Waals surface area contributed by atoms with Gasteiger partial charge in [0.05, 0.1) is 12.1 Å². The average molecular weight is 393 g/mol. The Bertz CT molecular complexity index is 583. The fraction of sp³-hybridized carbons (Fsp3) is 0.826. The first-order valence-electron chi connectivity index (χ1n) is 11.1. The quantitative estimate of drug-likeness (QED) is 0.514. The molecular formula is C23H40N2O3. The molecule has 0 bridgehead atoms. The lowest BCUT2D eigenvalue weighted by Gasteiger charge is -2.23. The Hall–Kier alpha value is -1.36. The zero-order chi connectivity index (χ0) is 20.6. The molecule has 1 aromatic heterocycles. The van der Waals surface area contributed by atoms with E-state index in [1.807, 2.05) is 20.8 Å². The maximum atomic E-state index is 12.4. The van der Waals surface area contributed by atoms with Gasteiger partial charge >= 0.3 is 5.97 Å². The minimum absolute atomic E-state index is 0.00811. The van der Waals surface area contributed by atoms with Crippen LogP contribution in [-0.4, -0.2) is 22.6 Å². The number of carbonyl (C=O) groups excluding carboxylic acids is 1. The van der Waals surface area contributed by atoms with Crippen LogP contribution in [0.25, 0.3) is 0 Å². The molecule has 1 N–H and O–H groups in total. The third-order valence-electron chi connectivity index (χ3n) is 5.33. The van der Waals surface area contributed by atoms with E-state index in [2.05, 4.69) is 24.1 Å². The van der Waals surface area contributed by atoms with E-state index in [1.54, 1.807) is 6.26 Å². The van der Waals surface area contributed by atoms with Crippen molar-refractivity contribution in [3.63, 3.8) is 0 Å². The maximum Gasteiger partial charge on any atom is 0.307 e. The zero-order valence-corrected chi connectivity index (χ0v) is 18.6. The molecule has 2 rings (SSSR count). The molecule has 1 heterocycles. The topological polar surface area (TPSA) is 64.4 Å². The number of esters is 1. The van der Waals surface area contributed by atoms with Crippen LogP contribution < -0.4 is 5.32 Å². The molecule has 0 aliphatic heterocycles. The number of carbonyl (C=O) groups is 1. The van der Waals surface area contributed by atoms with Crippen molar-refractivity contribution in [2.24, 2.45) is 5.92 Å². The van der Waals surface area contributed by atoms with E-state index in [0.29, 0.717) is 24.9 Å². The van der Waals surface area contributed by atoms with E-state index >= 15 is 0 Å². The van der Waals surface area contributed by atoms with Gasteiger partial charge < -0.3 is 14.5 Å². The first-order valence-corrected chi connectivity index (χ1v) is 11.1. The lowest BCUT2D eigenvalue weighted by Crippen LogP contribution is -2.25. The minimum atomic E-state index is -0.466. The summed E-state index contributed by atoms with van der Waals surface area (Å²) in [5.41, 5.74) is 0.428. The van der Waals surface area contributed by atoms with Crippen LogP contribution in [0.1, 0.15) is 110 Å². The van der Waals surface area contributed by atoms with Crippen molar-refractivity contribution in [3.8, 4) is 0 Å². The Morgan fingerprint density at radius 3 is 2.64 bits per heavy atom. The van der Waals surface area contributed by atoms with Gasteiger partial charge in [-0.2, -0.15) is 0 Å². The van der Waals surface area contributed by atoms with Crippen molar-refractivity contribution >= 4 is 5.97 Å². The van der Waals surface area contributed by atoms with E-state index in [1.165, 1.54) is 38.5 Å². The third kappa shape index (κ3) is 8.76. The smallest absolute Gasteiger partial charge is 0.307 e. The van der Waals surface area contributed by atoms with Crippen LogP contribution in [0.15, 0.2) is 10.7 Å². The van der Waals surface area contributed by atoms with E-state index in [-0.39, 0.29) is 11.9 Å². The number of aromatic nitrogens is 1. The summed E-state index contributed by atoms with van der Waals surface area (Å²) >= 11 is 0. The highest BCUT2D eigenvalue weighted by molar-refractivity contribution is 5.70. The fourth-order valence-electron chi connectivity index (χ4n) is 3.93. The third-order valence-corrected chi connectivity index (χ3v) is 5.33. The Balaban J connectivity index is 1.95. The normalized spacial score (nSPS) is 17.1. The minimum Gasteiger partial charge on any atom is -0.460 e. The standard InChI is InChI=1S/C23H40N2O3/c1-17(2)24-15-20-16-27-22(25-20)19(14-21(26)28-23(3,4)5)13-9-12-18-10-7-6-8-11-18/h16-19,24H,6-15H2,1-5H3/t19-/m1/s1. The molecule has 0 spiro atoms. The highest BCUT2D eigenvalue weighted by Gasteiger charge is 2.25. The van der Waals surface area contributed by atoms with Crippen molar-refractivity contribution in [2.75, 3.05) is 0 Å². The number of oxazole rings is 1. The number of nitrogens with one attached hydrogen (secondary N) is 1. The highest BCUT2D eigenvalue weighted by Crippen LogP contribution is 2.31. The van der Waals surface area contributed by atoms with Gasteiger partial charge in [-0.05, 0) is 33.1 Å². The first kappa shape index (κ1) is 22.9. The van der Waals surface area contributed by atoms with E-state index in [4.69, 9.17) is 9.15 Å². The van der Waals surface area contributed by atoms with Crippen molar-refractivity contribution in [3.05, 3.63) is 17.8 Å². The van der Waals surface area contributed by atoms with Crippen LogP contribution in [0.5, 0.6) is 0 Å². The summed E-state index contributed by atoms with van der Waals surface area (Å²) in [6.45, 7) is 10.6. The molecule has 5 nitrogen and oxygen atoms in total. The van der Waals surface area contributed by atoms with Crippen molar-refractivity contribution < 1.29 is 13.9 Å². The summed E-state index contributed by atoms with van der Waals surface area (Å²) in [4.78, 5) is 17.1. The monoisotopic (exact) mass is 392 g/mol.